The van der Waals surface area contributed by atoms with Crippen LogP contribution in [0.15, 0.2) is 206 Å². The fourth-order valence-electron chi connectivity index (χ4n) is 12.8. The van der Waals surface area contributed by atoms with E-state index in [1.165, 1.54) is 110 Å². The molecule has 0 saturated carbocycles. The Balaban J connectivity index is 1.01. The Morgan fingerprint density at radius 2 is 0.481 bits per heavy atom. The number of para-hydroxylation sites is 4. The van der Waals surface area contributed by atoms with Crippen molar-refractivity contribution in [2.45, 2.75) is 78.9 Å². The van der Waals surface area contributed by atoms with E-state index < -0.39 is 0 Å². The molecule has 5 heteroatoms. The summed E-state index contributed by atoms with van der Waals surface area (Å²) in [6, 6.07) is 78.1. The minimum absolute atomic E-state index is 1.00. The molecule has 4 aromatic heterocycles. The molecular weight excluding hydrogens is 932 g/mol. The van der Waals surface area contributed by atoms with Gasteiger partial charge in [0.1, 0.15) is 0 Å². The van der Waals surface area contributed by atoms with Crippen molar-refractivity contribution in [2.75, 3.05) is 0 Å². The molecule has 4 heterocycles. The Bertz CT molecular complexity index is 4470. The lowest BCUT2D eigenvalue weighted by atomic mass is 9.89. The number of unbranched alkanes of at least 4 members (excludes halogenated alkanes) is 3. The quantitative estimate of drug-likeness (QED) is 0.0968. The summed E-state index contributed by atoms with van der Waals surface area (Å²) in [5.74, 6) is 0. The van der Waals surface area contributed by atoms with Crippen molar-refractivity contribution in [3.63, 3.8) is 0 Å². The Morgan fingerprint density at radius 1 is 0.247 bits per heavy atom. The Labute approximate surface area is 451 Å². The number of aromatic nitrogens is 4. The molecule has 0 aliphatic rings. The fraction of sp³-hybridized carbons (Fsp3) is 0.167. The monoisotopic (exact) mass is 992 g/mol. The third kappa shape index (κ3) is 7.89. The first-order valence-corrected chi connectivity index (χ1v) is 28.1. The summed E-state index contributed by atoms with van der Waals surface area (Å²) in [6.07, 6.45) is 6.88. The first-order chi connectivity index (χ1) is 38.0. The average molecular weight is 993 g/mol. The topological polar surface area (TPSA) is 19.7 Å². The second-order valence-corrected chi connectivity index (χ2v) is 21.5. The van der Waals surface area contributed by atoms with Crippen LogP contribution in [0.2, 0.25) is 0 Å². The molecule has 0 unspecified atom stereocenters. The van der Waals surface area contributed by atoms with Crippen LogP contribution in [-0.4, -0.2) is 26.2 Å². The second kappa shape index (κ2) is 19.2. The Kier molecular flexibility index (Phi) is 11.7. The lowest BCUT2D eigenvalue weighted by Crippen LogP contribution is -1.97. The van der Waals surface area contributed by atoms with E-state index in [9.17, 15) is 0 Å². The molecule has 0 atom stereocenters. The molecular formula is C72H61BN4. The van der Waals surface area contributed by atoms with Gasteiger partial charge in [0.15, 0.2) is 0 Å². The molecule has 0 fully saturated rings. The molecule has 2 radical (unpaired) electrons. The minimum Gasteiger partial charge on any atom is -0.397 e. The van der Waals surface area contributed by atoms with E-state index in [0.717, 1.165) is 91.1 Å². The van der Waals surface area contributed by atoms with Crippen molar-refractivity contribution in [3.8, 4) is 55.6 Å². The van der Waals surface area contributed by atoms with Gasteiger partial charge in [0.05, 0.1) is 0 Å². The van der Waals surface area contributed by atoms with Crippen LogP contribution >= 0.6 is 0 Å². The van der Waals surface area contributed by atoms with Crippen LogP contribution < -0.4 is 0 Å². The van der Waals surface area contributed by atoms with Crippen molar-refractivity contribution in [1.29, 1.82) is 0 Å². The van der Waals surface area contributed by atoms with E-state index in [4.69, 9.17) is 7.98 Å². The predicted octanol–water partition coefficient (Wildman–Crippen LogP) is 19.8. The third-order valence-electron chi connectivity index (χ3n) is 16.8. The first kappa shape index (κ1) is 47.0. The zero-order valence-electron chi connectivity index (χ0n) is 44.4. The molecule has 0 bridgehead atoms. The third-order valence-corrected chi connectivity index (χ3v) is 16.8. The summed E-state index contributed by atoms with van der Waals surface area (Å²) in [5.41, 5.74) is 21.7. The van der Waals surface area contributed by atoms with Crippen LogP contribution in [-0.2, 0) is 19.6 Å². The van der Waals surface area contributed by atoms with Gasteiger partial charge in [-0.15, -0.1) is 0 Å². The molecule has 0 amide bonds. The SMILES string of the molecule is [B]n1c2ccccc2c2cc(-c3cc(-c4cc(-c5ccc6c(c5)c5ccccc5n6CCCC)cc(-c5ccc6c(c5)c5ccccc5n6CCCC)c4)cc(-c4ccc5c(c4)c4ccccc4n5CCCC)c3)ccc21. The van der Waals surface area contributed by atoms with Gasteiger partial charge >= 0.3 is 0 Å². The summed E-state index contributed by atoms with van der Waals surface area (Å²) in [6.45, 7) is 9.85. The highest BCUT2D eigenvalue weighted by Gasteiger charge is 2.19. The summed E-state index contributed by atoms with van der Waals surface area (Å²) >= 11 is 0. The van der Waals surface area contributed by atoms with Gasteiger partial charge in [0.2, 0.25) is 7.98 Å². The maximum absolute atomic E-state index is 6.77. The van der Waals surface area contributed by atoms with Crippen LogP contribution in [0.3, 0.4) is 0 Å². The minimum atomic E-state index is 1.00. The van der Waals surface area contributed by atoms with Crippen LogP contribution in [0.4, 0.5) is 0 Å². The fourth-order valence-corrected chi connectivity index (χ4v) is 12.8. The molecule has 372 valence electrons. The Morgan fingerprint density at radius 3 is 0.805 bits per heavy atom. The molecule has 14 aromatic rings. The first-order valence-electron chi connectivity index (χ1n) is 28.1. The maximum Gasteiger partial charge on any atom is 0.234 e. The molecule has 0 spiro atoms. The van der Waals surface area contributed by atoms with Crippen molar-refractivity contribution >= 4 is 95.2 Å². The zero-order chi connectivity index (χ0) is 51.7. The van der Waals surface area contributed by atoms with Crippen molar-refractivity contribution in [3.05, 3.63) is 206 Å². The predicted molar refractivity (Wildman–Crippen MR) is 332 cm³/mol. The molecule has 0 N–H and O–H groups in total. The normalized spacial score (nSPS) is 12.1. The highest BCUT2D eigenvalue weighted by Crippen LogP contribution is 2.43. The van der Waals surface area contributed by atoms with E-state index in [0.29, 0.717) is 0 Å². The smallest absolute Gasteiger partial charge is 0.234 e. The lowest BCUT2D eigenvalue weighted by Gasteiger charge is -2.15. The summed E-state index contributed by atoms with van der Waals surface area (Å²) < 4.78 is 9.41. The summed E-state index contributed by atoms with van der Waals surface area (Å²) in [4.78, 5) is 0. The van der Waals surface area contributed by atoms with Gasteiger partial charge in [-0.3, -0.25) is 0 Å². The highest BCUT2D eigenvalue weighted by atomic mass is 15.0. The average Bonchev–Trinajstić information content (AvgIpc) is 4.18. The second-order valence-electron chi connectivity index (χ2n) is 21.5. The largest absolute Gasteiger partial charge is 0.397 e. The number of aryl methyl sites for hydroxylation is 3. The highest BCUT2D eigenvalue weighted by molar-refractivity contribution is 6.22. The van der Waals surface area contributed by atoms with Gasteiger partial charge in [-0.1, -0.05) is 137 Å². The lowest BCUT2D eigenvalue weighted by molar-refractivity contribution is 0.665. The van der Waals surface area contributed by atoms with E-state index in [1.807, 2.05) is 4.48 Å². The van der Waals surface area contributed by atoms with Crippen LogP contribution in [0.5, 0.6) is 0 Å². The number of benzene rings is 10. The molecule has 4 nitrogen and oxygen atoms in total. The van der Waals surface area contributed by atoms with Crippen LogP contribution in [0, 0.1) is 0 Å². The van der Waals surface area contributed by atoms with Crippen molar-refractivity contribution in [2.24, 2.45) is 0 Å². The number of fused-ring (bicyclic) bond motifs is 12. The molecule has 0 aliphatic heterocycles. The van der Waals surface area contributed by atoms with Crippen LogP contribution in [0.25, 0.3) is 143 Å². The maximum atomic E-state index is 6.77. The summed E-state index contributed by atoms with van der Waals surface area (Å²) in [7, 11) is 6.77. The van der Waals surface area contributed by atoms with Gasteiger partial charge in [0.25, 0.3) is 0 Å². The molecule has 10 aromatic carbocycles. The summed E-state index contributed by atoms with van der Waals surface area (Å²) in [5, 5.41) is 10.1. The number of hydrogen-bond acceptors (Lipinski definition) is 0. The van der Waals surface area contributed by atoms with E-state index >= 15 is 0 Å². The molecule has 0 saturated heterocycles. The van der Waals surface area contributed by atoms with Gasteiger partial charge in [-0.25, -0.2) is 0 Å². The van der Waals surface area contributed by atoms with E-state index in [2.05, 4.69) is 241 Å². The van der Waals surface area contributed by atoms with E-state index in [1.54, 1.807) is 0 Å². The van der Waals surface area contributed by atoms with Gasteiger partial charge in [-0.2, -0.15) is 0 Å². The zero-order valence-corrected chi connectivity index (χ0v) is 44.4. The van der Waals surface area contributed by atoms with Gasteiger partial charge in [0, 0.05) is 107 Å². The van der Waals surface area contributed by atoms with Crippen molar-refractivity contribution in [1.82, 2.24) is 18.2 Å². The number of rotatable bonds is 14. The number of hydrogen-bond donors (Lipinski definition) is 0. The van der Waals surface area contributed by atoms with E-state index in [-0.39, 0.29) is 0 Å². The Hall–Kier alpha value is -8.54. The van der Waals surface area contributed by atoms with Crippen molar-refractivity contribution < 1.29 is 0 Å². The number of nitrogens with zero attached hydrogens (tertiary/aromatic N) is 4. The molecule has 14 rings (SSSR count). The van der Waals surface area contributed by atoms with Crippen LogP contribution in [0.1, 0.15) is 59.3 Å². The standard InChI is InChI=1S/C72H61BN4/c1-4-7-34-74-65-22-14-10-18-57(65)61-43-47(26-30-68(61)74)51-37-52(48-27-31-69-62(44-48)58-19-11-15-23-66(58)75(69)35-8-5-2)40-55(39-51)56-41-53(49-28-32-70-63(45-49)59-20-12-16-24-67(59)76(70)36-9-6-3)38-54(42-56)50-29-33-72-64(46-50)60-21-13-17-25-71(60)77(72)73/h10-33,37-46H,4-9,34-36H2,1-3H3. The molecule has 0 aliphatic carbocycles. The molecule has 77 heavy (non-hydrogen) atoms. The van der Waals surface area contributed by atoms with Gasteiger partial charge < -0.3 is 18.2 Å². The van der Waals surface area contributed by atoms with Gasteiger partial charge in [-0.05, 0) is 184 Å².